The molecule has 1 N–H and O–H groups in total. The van der Waals surface area contributed by atoms with Gasteiger partial charge in [-0.25, -0.2) is 0 Å². The van der Waals surface area contributed by atoms with E-state index in [4.69, 9.17) is 4.74 Å². The van der Waals surface area contributed by atoms with Crippen molar-refractivity contribution in [2.45, 2.75) is 13.5 Å². The summed E-state index contributed by atoms with van der Waals surface area (Å²) in [5.74, 6) is 0.353. The molecule has 0 radical (unpaired) electrons. The quantitative estimate of drug-likeness (QED) is 0.795. The van der Waals surface area contributed by atoms with Crippen molar-refractivity contribution in [3.05, 3.63) is 22.4 Å². The van der Waals surface area contributed by atoms with Crippen molar-refractivity contribution in [2.24, 2.45) is 11.8 Å². The second-order valence-electron chi connectivity index (χ2n) is 3.93. The summed E-state index contributed by atoms with van der Waals surface area (Å²) in [6, 6.07) is 3.95. The van der Waals surface area contributed by atoms with E-state index in [1.165, 1.54) is 0 Å². The van der Waals surface area contributed by atoms with Crippen LogP contribution in [0.2, 0.25) is 0 Å². The lowest BCUT2D eigenvalue weighted by molar-refractivity contribution is -0.150. The zero-order chi connectivity index (χ0) is 10.7. The zero-order valence-electron chi connectivity index (χ0n) is 8.73. The van der Waals surface area contributed by atoms with Gasteiger partial charge in [0.1, 0.15) is 6.61 Å². The standard InChI is InChI=1S/C11H15NO2S/c1-8-5-12-6-10(8)11(13)14-7-9-3-2-4-15-9/h2-4,8,10,12H,5-7H2,1H3/t8-,10-/m1/s1. The molecular formula is C11H15NO2S. The van der Waals surface area contributed by atoms with Crippen LogP contribution in [0.5, 0.6) is 0 Å². The first-order valence-electron chi connectivity index (χ1n) is 5.17. The summed E-state index contributed by atoms with van der Waals surface area (Å²) < 4.78 is 5.27. The smallest absolute Gasteiger partial charge is 0.310 e. The Morgan fingerprint density at radius 3 is 3.13 bits per heavy atom. The molecule has 0 spiro atoms. The van der Waals surface area contributed by atoms with Crippen molar-refractivity contribution in [1.29, 1.82) is 0 Å². The average Bonchev–Trinajstić information content (AvgIpc) is 2.84. The summed E-state index contributed by atoms with van der Waals surface area (Å²) in [4.78, 5) is 12.8. The lowest BCUT2D eigenvalue weighted by Crippen LogP contribution is -2.23. The number of hydrogen-bond donors (Lipinski definition) is 1. The SMILES string of the molecule is C[C@@H]1CNC[C@H]1C(=O)OCc1cccs1. The predicted octanol–water partition coefficient (Wildman–Crippen LogP) is 1.65. The van der Waals surface area contributed by atoms with E-state index in [-0.39, 0.29) is 11.9 Å². The molecule has 0 aromatic carbocycles. The van der Waals surface area contributed by atoms with Gasteiger partial charge in [0.25, 0.3) is 0 Å². The average molecular weight is 225 g/mol. The molecule has 15 heavy (non-hydrogen) atoms. The number of hydrogen-bond acceptors (Lipinski definition) is 4. The summed E-state index contributed by atoms with van der Waals surface area (Å²) >= 11 is 1.62. The highest BCUT2D eigenvalue weighted by molar-refractivity contribution is 7.09. The molecule has 3 nitrogen and oxygen atoms in total. The van der Waals surface area contributed by atoms with Gasteiger partial charge in [0.05, 0.1) is 5.92 Å². The number of nitrogens with one attached hydrogen (secondary N) is 1. The summed E-state index contributed by atoms with van der Waals surface area (Å²) in [7, 11) is 0. The topological polar surface area (TPSA) is 38.3 Å². The van der Waals surface area contributed by atoms with Crippen LogP contribution in [-0.4, -0.2) is 19.1 Å². The minimum Gasteiger partial charge on any atom is -0.460 e. The molecule has 1 aromatic rings. The van der Waals surface area contributed by atoms with Crippen LogP contribution in [0.3, 0.4) is 0 Å². The van der Waals surface area contributed by atoms with Crippen LogP contribution in [0.15, 0.2) is 17.5 Å². The highest BCUT2D eigenvalue weighted by atomic mass is 32.1. The van der Waals surface area contributed by atoms with E-state index in [2.05, 4.69) is 12.2 Å². The van der Waals surface area contributed by atoms with Crippen molar-refractivity contribution in [1.82, 2.24) is 5.32 Å². The van der Waals surface area contributed by atoms with Gasteiger partial charge in [-0.1, -0.05) is 13.0 Å². The molecule has 0 bridgehead atoms. The van der Waals surface area contributed by atoms with Gasteiger partial charge in [-0.3, -0.25) is 4.79 Å². The third-order valence-corrected chi connectivity index (χ3v) is 3.61. The van der Waals surface area contributed by atoms with E-state index < -0.39 is 0 Å². The molecule has 0 amide bonds. The summed E-state index contributed by atoms with van der Waals surface area (Å²) in [6.07, 6.45) is 0. The number of carbonyl (C=O) groups is 1. The van der Waals surface area contributed by atoms with Crippen molar-refractivity contribution in [2.75, 3.05) is 13.1 Å². The minimum atomic E-state index is -0.0686. The predicted molar refractivity (Wildman–Crippen MR) is 59.6 cm³/mol. The molecule has 2 rings (SSSR count). The third-order valence-electron chi connectivity index (χ3n) is 2.76. The summed E-state index contributed by atoms with van der Waals surface area (Å²) in [5, 5.41) is 5.19. The Morgan fingerprint density at radius 1 is 1.67 bits per heavy atom. The van der Waals surface area contributed by atoms with Gasteiger partial charge in [-0.15, -0.1) is 11.3 Å². The van der Waals surface area contributed by atoms with Crippen LogP contribution in [0.25, 0.3) is 0 Å². The Labute approximate surface area is 93.4 Å². The van der Waals surface area contributed by atoms with Crippen molar-refractivity contribution in [3.63, 3.8) is 0 Å². The molecule has 2 atom stereocenters. The number of carbonyl (C=O) groups excluding carboxylic acids is 1. The van der Waals surface area contributed by atoms with Gasteiger partial charge in [-0.2, -0.15) is 0 Å². The van der Waals surface area contributed by atoms with Crippen molar-refractivity contribution >= 4 is 17.3 Å². The first-order valence-corrected chi connectivity index (χ1v) is 6.05. The van der Waals surface area contributed by atoms with Crippen LogP contribution < -0.4 is 5.32 Å². The molecule has 0 aliphatic carbocycles. The fourth-order valence-corrected chi connectivity index (χ4v) is 2.39. The largest absolute Gasteiger partial charge is 0.460 e. The van der Waals surface area contributed by atoms with Crippen LogP contribution in [0.4, 0.5) is 0 Å². The normalized spacial score (nSPS) is 25.4. The van der Waals surface area contributed by atoms with Gasteiger partial charge in [0, 0.05) is 11.4 Å². The highest BCUT2D eigenvalue weighted by Crippen LogP contribution is 2.18. The molecule has 4 heteroatoms. The molecule has 82 valence electrons. The lowest BCUT2D eigenvalue weighted by Gasteiger charge is -2.12. The maximum absolute atomic E-state index is 11.7. The number of ether oxygens (including phenoxy) is 1. The molecule has 1 saturated heterocycles. The Morgan fingerprint density at radius 2 is 2.53 bits per heavy atom. The van der Waals surface area contributed by atoms with Gasteiger partial charge in [0.2, 0.25) is 0 Å². The van der Waals surface area contributed by atoms with Crippen LogP contribution in [0, 0.1) is 11.8 Å². The second kappa shape index (κ2) is 4.77. The summed E-state index contributed by atoms with van der Waals surface area (Å²) in [6.45, 7) is 4.17. The van der Waals surface area contributed by atoms with E-state index in [9.17, 15) is 4.79 Å². The van der Waals surface area contributed by atoms with E-state index in [0.29, 0.717) is 12.5 Å². The molecule has 1 aliphatic heterocycles. The third kappa shape index (κ3) is 2.58. The fraction of sp³-hybridized carbons (Fsp3) is 0.545. The fourth-order valence-electron chi connectivity index (χ4n) is 1.77. The van der Waals surface area contributed by atoms with Gasteiger partial charge in [0.15, 0.2) is 0 Å². The Hall–Kier alpha value is -0.870. The maximum atomic E-state index is 11.7. The second-order valence-corrected chi connectivity index (χ2v) is 4.96. The Kier molecular flexibility index (Phi) is 3.38. The number of rotatable bonds is 3. The molecule has 1 fully saturated rings. The van der Waals surface area contributed by atoms with E-state index in [1.807, 2.05) is 17.5 Å². The number of esters is 1. The summed E-state index contributed by atoms with van der Waals surface area (Å²) in [5.41, 5.74) is 0. The highest BCUT2D eigenvalue weighted by Gasteiger charge is 2.30. The van der Waals surface area contributed by atoms with E-state index in [1.54, 1.807) is 11.3 Å². The molecule has 2 heterocycles. The Balaban J connectivity index is 1.82. The molecule has 0 saturated carbocycles. The van der Waals surface area contributed by atoms with Crippen LogP contribution in [0.1, 0.15) is 11.8 Å². The molecule has 1 aromatic heterocycles. The van der Waals surface area contributed by atoms with E-state index >= 15 is 0 Å². The zero-order valence-corrected chi connectivity index (χ0v) is 9.55. The van der Waals surface area contributed by atoms with E-state index in [0.717, 1.165) is 18.0 Å². The van der Waals surface area contributed by atoms with Gasteiger partial charge < -0.3 is 10.1 Å². The first-order chi connectivity index (χ1) is 7.27. The maximum Gasteiger partial charge on any atom is 0.310 e. The molecular weight excluding hydrogens is 210 g/mol. The van der Waals surface area contributed by atoms with Crippen molar-refractivity contribution in [3.8, 4) is 0 Å². The van der Waals surface area contributed by atoms with Crippen LogP contribution >= 0.6 is 11.3 Å². The monoisotopic (exact) mass is 225 g/mol. The lowest BCUT2D eigenvalue weighted by atomic mass is 9.99. The minimum absolute atomic E-state index is 0.0324. The van der Waals surface area contributed by atoms with Gasteiger partial charge >= 0.3 is 5.97 Å². The van der Waals surface area contributed by atoms with Crippen molar-refractivity contribution < 1.29 is 9.53 Å². The number of thiophene rings is 1. The van der Waals surface area contributed by atoms with Crippen LogP contribution in [-0.2, 0) is 16.1 Å². The molecule has 0 unspecified atom stereocenters. The Bertz CT molecular complexity index is 323. The molecule has 1 aliphatic rings. The van der Waals surface area contributed by atoms with Gasteiger partial charge in [-0.05, 0) is 23.9 Å². The first kappa shape index (κ1) is 10.6.